The molecule has 1 heterocycles. The Bertz CT molecular complexity index is 951. The van der Waals surface area contributed by atoms with Gasteiger partial charge in [-0.05, 0) is 18.2 Å². The van der Waals surface area contributed by atoms with E-state index in [1.54, 1.807) is 6.07 Å². The van der Waals surface area contributed by atoms with Crippen LogP contribution in [0.3, 0.4) is 0 Å². The summed E-state index contributed by atoms with van der Waals surface area (Å²) in [5, 5.41) is 22.8. The maximum Gasteiger partial charge on any atom is 0.305 e. The second-order valence-electron chi connectivity index (χ2n) is 5.87. The number of carbonyl (C=O) groups excluding carboxylic acids is 1. The molecule has 0 bridgehead atoms. The molecule has 10 nitrogen and oxygen atoms in total. The number of sulfonamides is 1. The van der Waals surface area contributed by atoms with E-state index >= 15 is 0 Å². The van der Waals surface area contributed by atoms with E-state index in [9.17, 15) is 18.0 Å². The number of anilines is 1. The number of rotatable bonds is 8. The number of aliphatic carboxylic acids is 1. The Balaban J connectivity index is 2.16. The fourth-order valence-corrected chi connectivity index (χ4v) is 4.00. The molecule has 1 aliphatic heterocycles. The minimum absolute atomic E-state index is 0.00381. The van der Waals surface area contributed by atoms with E-state index in [0.29, 0.717) is 13.2 Å². The number of benzene rings is 1. The molecule has 29 heavy (non-hydrogen) atoms. The first-order valence-electron chi connectivity index (χ1n) is 8.50. The summed E-state index contributed by atoms with van der Waals surface area (Å²) < 4.78 is 32.0. The number of nitrogens with one attached hydrogen (secondary N) is 2. The Kier molecular flexibility index (Phi) is 7.98. The molecule has 2 rings (SSSR count). The van der Waals surface area contributed by atoms with Crippen molar-refractivity contribution in [3.63, 3.8) is 0 Å². The number of morpholine rings is 1. The third-order valence-electron chi connectivity index (χ3n) is 3.91. The van der Waals surface area contributed by atoms with Crippen molar-refractivity contribution in [3.05, 3.63) is 35.0 Å². The van der Waals surface area contributed by atoms with Gasteiger partial charge in [-0.1, -0.05) is 11.6 Å². The van der Waals surface area contributed by atoms with Gasteiger partial charge in [0, 0.05) is 25.8 Å². The van der Waals surface area contributed by atoms with Crippen LogP contribution in [-0.2, 0) is 24.3 Å². The van der Waals surface area contributed by atoms with E-state index in [2.05, 4.69) is 10.6 Å². The summed E-state index contributed by atoms with van der Waals surface area (Å²) in [4.78, 5) is 22.4. The van der Waals surface area contributed by atoms with E-state index in [-0.39, 0.29) is 47.2 Å². The van der Waals surface area contributed by atoms with Crippen LogP contribution in [-0.4, -0.2) is 62.6 Å². The lowest BCUT2D eigenvalue weighted by atomic mass is 10.2. The fourth-order valence-electron chi connectivity index (χ4n) is 2.39. The number of carboxylic acids is 1. The van der Waals surface area contributed by atoms with Gasteiger partial charge in [0.2, 0.25) is 10.0 Å². The van der Waals surface area contributed by atoms with Crippen LogP contribution in [0.25, 0.3) is 0 Å². The van der Waals surface area contributed by atoms with Crippen molar-refractivity contribution >= 4 is 39.2 Å². The number of ether oxygens (including phenoxy) is 1. The predicted molar refractivity (Wildman–Crippen MR) is 104 cm³/mol. The molecule has 0 aliphatic carbocycles. The smallest absolute Gasteiger partial charge is 0.305 e. The quantitative estimate of drug-likeness (QED) is 0.394. The zero-order valence-electron chi connectivity index (χ0n) is 15.2. The monoisotopic (exact) mass is 442 g/mol. The predicted octanol–water partition coefficient (Wildman–Crippen LogP) is 0.771. The van der Waals surface area contributed by atoms with Crippen LogP contribution in [0.5, 0.6) is 0 Å². The van der Waals surface area contributed by atoms with Crippen LogP contribution in [0.15, 0.2) is 34.9 Å². The van der Waals surface area contributed by atoms with Crippen molar-refractivity contribution in [2.24, 2.45) is 0 Å². The molecule has 1 aromatic rings. The standard InChI is InChI=1S/C17H19ClN4O6S/c18-14-2-1-13(29(26,27)22-5-7-28-8-6-22)9-15(14)21-11-12(10-19)17(25)20-4-3-16(23)24/h1-2,9,11,21H,3-8H2,(H,20,25)(H,23,24)/b12-11-. The van der Waals surface area contributed by atoms with Crippen molar-refractivity contribution in [1.82, 2.24) is 9.62 Å². The van der Waals surface area contributed by atoms with Gasteiger partial charge in [0.25, 0.3) is 5.91 Å². The first-order chi connectivity index (χ1) is 13.8. The van der Waals surface area contributed by atoms with Gasteiger partial charge in [-0.2, -0.15) is 9.57 Å². The van der Waals surface area contributed by atoms with Gasteiger partial charge in [-0.15, -0.1) is 0 Å². The highest BCUT2D eigenvalue weighted by Gasteiger charge is 2.26. The fraction of sp³-hybridized carbons (Fsp3) is 0.353. The number of nitrogens with zero attached hydrogens (tertiary/aromatic N) is 2. The van der Waals surface area contributed by atoms with Crippen molar-refractivity contribution < 1.29 is 27.9 Å². The summed E-state index contributed by atoms with van der Waals surface area (Å²) >= 11 is 6.09. The van der Waals surface area contributed by atoms with Crippen molar-refractivity contribution in [3.8, 4) is 6.07 Å². The second kappa shape index (κ2) is 10.2. The van der Waals surface area contributed by atoms with Gasteiger partial charge in [0.15, 0.2) is 0 Å². The minimum Gasteiger partial charge on any atom is -0.481 e. The molecule has 1 aromatic carbocycles. The van der Waals surface area contributed by atoms with Crippen molar-refractivity contribution in [2.45, 2.75) is 11.3 Å². The molecule has 0 spiro atoms. The van der Waals surface area contributed by atoms with E-state index < -0.39 is 21.9 Å². The van der Waals surface area contributed by atoms with E-state index in [1.807, 2.05) is 0 Å². The van der Waals surface area contributed by atoms with Crippen LogP contribution >= 0.6 is 11.6 Å². The average Bonchev–Trinajstić information content (AvgIpc) is 2.70. The number of hydrogen-bond donors (Lipinski definition) is 3. The molecule has 1 fully saturated rings. The number of halogens is 1. The molecule has 1 amide bonds. The largest absolute Gasteiger partial charge is 0.481 e. The highest BCUT2D eigenvalue weighted by Crippen LogP contribution is 2.27. The van der Waals surface area contributed by atoms with Crippen LogP contribution in [0.4, 0.5) is 5.69 Å². The van der Waals surface area contributed by atoms with E-state index in [0.717, 1.165) is 6.20 Å². The number of hydrogen-bond acceptors (Lipinski definition) is 7. The Hall–Kier alpha value is -2.65. The Morgan fingerprint density at radius 3 is 2.66 bits per heavy atom. The van der Waals surface area contributed by atoms with Gasteiger partial charge in [0.05, 0.1) is 35.2 Å². The van der Waals surface area contributed by atoms with Crippen molar-refractivity contribution in [1.29, 1.82) is 5.26 Å². The molecule has 12 heteroatoms. The lowest BCUT2D eigenvalue weighted by Crippen LogP contribution is -2.40. The summed E-state index contributed by atoms with van der Waals surface area (Å²) in [6, 6.07) is 5.75. The molecule has 1 aliphatic rings. The first-order valence-corrected chi connectivity index (χ1v) is 10.3. The van der Waals surface area contributed by atoms with Crippen LogP contribution in [0.2, 0.25) is 5.02 Å². The van der Waals surface area contributed by atoms with Gasteiger partial charge in [-0.3, -0.25) is 9.59 Å². The zero-order chi connectivity index (χ0) is 21.4. The topological polar surface area (TPSA) is 149 Å². The number of carboxylic acid groups (broad SMARTS) is 1. The number of nitriles is 1. The second-order valence-corrected chi connectivity index (χ2v) is 8.22. The average molecular weight is 443 g/mol. The summed E-state index contributed by atoms with van der Waals surface area (Å²) in [7, 11) is -3.75. The van der Waals surface area contributed by atoms with E-state index in [4.69, 9.17) is 26.7 Å². The summed E-state index contributed by atoms with van der Waals surface area (Å²) in [5.41, 5.74) is -0.139. The molecule has 3 N–H and O–H groups in total. The molecular weight excluding hydrogens is 424 g/mol. The minimum atomic E-state index is -3.75. The van der Waals surface area contributed by atoms with E-state index in [1.165, 1.54) is 22.5 Å². The Labute approximate surface area is 172 Å². The molecule has 0 atom stereocenters. The molecule has 0 radical (unpaired) electrons. The maximum absolute atomic E-state index is 12.7. The summed E-state index contributed by atoms with van der Waals surface area (Å²) in [6.45, 7) is 0.957. The van der Waals surface area contributed by atoms with Crippen LogP contribution in [0, 0.1) is 11.3 Å². The summed E-state index contributed by atoms with van der Waals surface area (Å²) in [5.74, 6) is -1.86. The highest BCUT2D eigenvalue weighted by atomic mass is 35.5. The summed E-state index contributed by atoms with van der Waals surface area (Å²) in [6.07, 6.45) is 0.785. The van der Waals surface area contributed by atoms with Gasteiger partial charge in [-0.25, -0.2) is 8.42 Å². The first kappa shape index (κ1) is 22.6. The lowest BCUT2D eigenvalue weighted by molar-refractivity contribution is -0.136. The zero-order valence-corrected chi connectivity index (χ0v) is 16.8. The Morgan fingerprint density at radius 1 is 1.34 bits per heavy atom. The molecule has 0 saturated carbocycles. The molecule has 0 unspecified atom stereocenters. The van der Waals surface area contributed by atoms with Crippen LogP contribution < -0.4 is 10.6 Å². The van der Waals surface area contributed by atoms with Crippen molar-refractivity contribution in [2.75, 3.05) is 38.2 Å². The number of carbonyl (C=O) groups is 2. The molecule has 1 saturated heterocycles. The third-order valence-corrected chi connectivity index (χ3v) is 6.13. The van der Waals surface area contributed by atoms with Gasteiger partial charge < -0.3 is 20.5 Å². The normalized spacial score (nSPS) is 15.4. The Morgan fingerprint density at radius 2 is 2.03 bits per heavy atom. The van der Waals surface area contributed by atoms with Gasteiger partial charge >= 0.3 is 5.97 Å². The molecule has 0 aromatic heterocycles. The highest BCUT2D eigenvalue weighted by molar-refractivity contribution is 7.89. The molecule has 156 valence electrons. The SMILES string of the molecule is N#C/C(=C/Nc1cc(S(=O)(=O)N2CCOCC2)ccc1Cl)C(=O)NCCC(=O)O. The molecular formula is C17H19ClN4O6S. The maximum atomic E-state index is 12.7. The third kappa shape index (κ3) is 6.16. The van der Waals surface area contributed by atoms with Gasteiger partial charge in [0.1, 0.15) is 11.6 Å². The lowest BCUT2D eigenvalue weighted by Gasteiger charge is -2.26. The number of amides is 1. The van der Waals surface area contributed by atoms with Crippen LogP contribution in [0.1, 0.15) is 6.42 Å².